The van der Waals surface area contributed by atoms with Crippen LogP contribution in [0.4, 0.5) is 0 Å². The summed E-state index contributed by atoms with van der Waals surface area (Å²) in [7, 11) is -1.82. The van der Waals surface area contributed by atoms with Gasteiger partial charge in [0.05, 0.1) is 11.0 Å². The minimum Gasteiger partial charge on any atom is -0.377 e. The summed E-state index contributed by atoms with van der Waals surface area (Å²) in [5, 5.41) is 0. The van der Waals surface area contributed by atoms with E-state index >= 15 is 0 Å². The molecule has 1 aromatic carbocycles. The Kier molecular flexibility index (Phi) is 5.00. The van der Waals surface area contributed by atoms with E-state index in [1.165, 1.54) is 4.31 Å². The molecule has 1 atom stereocenters. The molecule has 1 fully saturated rings. The van der Waals surface area contributed by atoms with Crippen LogP contribution in [0.2, 0.25) is 0 Å². The van der Waals surface area contributed by atoms with Crippen molar-refractivity contribution in [2.45, 2.75) is 30.3 Å². The molecule has 0 amide bonds. The summed E-state index contributed by atoms with van der Waals surface area (Å²) in [4.78, 5) is 0.314. The first-order chi connectivity index (χ1) is 9.00. The van der Waals surface area contributed by atoms with Crippen LogP contribution in [0.25, 0.3) is 0 Å². The fraction of sp³-hybridized carbons (Fsp3) is 0.538. The van der Waals surface area contributed by atoms with Gasteiger partial charge in [0.25, 0.3) is 0 Å². The van der Waals surface area contributed by atoms with Crippen LogP contribution in [0.3, 0.4) is 0 Å². The molecule has 0 N–H and O–H groups in total. The van der Waals surface area contributed by atoms with Crippen molar-refractivity contribution in [3.8, 4) is 0 Å². The van der Waals surface area contributed by atoms with Gasteiger partial charge < -0.3 is 4.74 Å². The van der Waals surface area contributed by atoms with Gasteiger partial charge in [-0.15, -0.1) is 0 Å². The largest absolute Gasteiger partial charge is 0.377 e. The van der Waals surface area contributed by atoms with Crippen LogP contribution in [0.15, 0.2) is 33.6 Å². The number of rotatable bonds is 4. The number of hydrogen-bond donors (Lipinski definition) is 0. The van der Waals surface area contributed by atoms with Gasteiger partial charge in [-0.25, -0.2) is 8.42 Å². The van der Waals surface area contributed by atoms with Crippen molar-refractivity contribution in [3.63, 3.8) is 0 Å². The monoisotopic (exact) mass is 347 g/mol. The van der Waals surface area contributed by atoms with Gasteiger partial charge >= 0.3 is 0 Å². The van der Waals surface area contributed by atoms with Crippen LogP contribution in [0.5, 0.6) is 0 Å². The topological polar surface area (TPSA) is 46.6 Å². The van der Waals surface area contributed by atoms with Gasteiger partial charge in [0.2, 0.25) is 10.0 Å². The SMILES string of the molecule is CN(CC1CCCCO1)S(=O)(=O)c1ccc(Br)cc1. The Balaban J connectivity index is 2.07. The predicted octanol–water partition coefficient (Wildman–Crippen LogP) is 2.64. The molecule has 0 saturated carbocycles. The zero-order valence-corrected chi connectivity index (χ0v) is 13.3. The summed E-state index contributed by atoms with van der Waals surface area (Å²) in [6, 6.07) is 6.69. The Morgan fingerprint density at radius 3 is 2.58 bits per heavy atom. The number of nitrogens with zero attached hydrogens (tertiary/aromatic N) is 1. The third-order valence-corrected chi connectivity index (χ3v) is 5.62. The first-order valence-electron chi connectivity index (χ1n) is 6.33. The van der Waals surface area contributed by atoms with E-state index in [1.54, 1.807) is 31.3 Å². The Labute approximate surface area is 122 Å². The van der Waals surface area contributed by atoms with Crippen molar-refractivity contribution < 1.29 is 13.2 Å². The van der Waals surface area contributed by atoms with Crippen LogP contribution < -0.4 is 0 Å². The fourth-order valence-electron chi connectivity index (χ4n) is 2.12. The van der Waals surface area contributed by atoms with Gasteiger partial charge in [0.1, 0.15) is 0 Å². The highest BCUT2D eigenvalue weighted by Crippen LogP contribution is 2.20. The second-order valence-electron chi connectivity index (χ2n) is 4.73. The van der Waals surface area contributed by atoms with Crippen molar-refractivity contribution in [3.05, 3.63) is 28.7 Å². The van der Waals surface area contributed by atoms with Crippen LogP contribution >= 0.6 is 15.9 Å². The third-order valence-electron chi connectivity index (χ3n) is 3.26. The van der Waals surface area contributed by atoms with E-state index in [9.17, 15) is 8.42 Å². The molecule has 0 aliphatic carbocycles. The lowest BCUT2D eigenvalue weighted by atomic mass is 10.1. The van der Waals surface area contributed by atoms with Crippen molar-refractivity contribution in [1.82, 2.24) is 4.31 Å². The number of likely N-dealkylation sites (N-methyl/N-ethyl adjacent to an activating group) is 1. The highest BCUT2D eigenvalue weighted by Gasteiger charge is 2.25. The number of benzene rings is 1. The van der Waals surface area contributed by atoms with Gasteiger partial charge in [-0.2, -0.15) is 4.31 Å². The summed E-state index contributed by atoms with van der Waals surface area (Å²) in [5.41, 5.74) is 0. The van der Waals surface area contributed by atoms with E-state index in [4.69, 9.17) is 4.74 Å². The smallest absolute Gasteiger partial charge is 0.242 e. The molecule has 2 rings (SSSR count). The van der Waals surface area contributed by atoms with E-state index in [2.05, 4.69) is 15.9 Å². The summed E-state index contributed by atoms with van der Waals surface area (Å²) < 4.78 is 32.6. The number of ether oxygens (including phenoxy) is 1. The molecule has 4 nitrogen and oxygen atoms in total. The van der Waals surface area contributed by atoms with Gasteiger partial charge in [0.15, 0.2) is 0 Å². The van der Waals surface area contributed by atoms with Crippen molar-refractivity contribution in [2.24, 2.45) is 0 Å². The first-order valence-corrected chi connectivity index (χ1v) is 8.57. The molecule has 1 aliphatic rings. The Morgan fingerprint density at radius 2 is 2.00 bits per heavy atom. The molecule has 1 heterocycles. The molecule has 1 aliphatic heterocycles. The molecule has 19 heavy (non-hydrogen) atoms. The maximum Gasteiger partial charge on any atom is 0.242 e. The lowest BCUT2D eigenvalue weighted by Crippen LogP contribution is -2.37. The molecule has 0 radical (unpaired) electrons. The molecule has 0 spiro atoms. The molecule has 106 valence electrons. The van der Waals surface area contributed by atoms with Crippen LogP contribution in [-0.4, -0.2) is 39.0 Å². The molecule has 1 unspecified atom stereocenters. The van der Waals surface area contributed by atoms with E-state index < -0.39 is 10.0 Å². The lowest BCUT2D eigenvalue weighted by molar-refractivity contribution is 0.00858. The molecule has 1 aromatic rings. The number of halogens is 1. The van der Waals surface area contributed by atoms with Crippen LogP contribution in [0, 0.1) is 0 Å². The minimum atomic E-state index is -3.42. The summed E-state index contributed by atoms with van der Waals surface area (Å²) in [6.07, 6.45) is 3.13. The third kappa shape index (κ3) is 3.78. The number of hydrogen-bond acceptors (Lipinski definition) is 3. The molecule has 1 saturated heterocycles. The lowest BCUT2D eigenvalue weighted by Gasteiger charge is -2.27. The quantitative estimate of drug-likeness (QED) is 0.840. The highest BCUT2D eigenvalue weighted by molar-refractivity contribution is 9.10. The van der Waals surface area contributed by atoms with E-state index in [0.717, 1.165) is 30.3 Å². The van der Waals surface area contributed by atoms with E-state index in [0.29, 0.717) is 11.4 Å². The van der Waals surface area contributed by atoms with Gasteiger partial charge in [-0.1, -0.05) is 15.9 Å². The average molecular weight is 348 g/mol. The second-order valence-corrected chi connectivity index (χ2v) is 7.69. The maximum atomic E-state index is 12.4. The van der Waals surface area contributed by atoms with Crippen molar-refractivity contribution in [2.75, 3.05) is 20.2 Å². The summed E-state index contributed by atoms with van der Waals surface area (Å²) >= 11 is 3.30. The standard InChI is InChI=1S/C13H18BrNO3S/c1-15(10-12-4-2-3-9-18-12)19(16,17)13-7-5-11(14)6-8-13/h5-8,12H,2-4,9-10H2,1H3. The molecular formula is C13H18BrNO3S. The summed E-state index contributed by atoms with van der Waals surface area (Å²) in [5.74, 6) is 0. The zero-order valence-electron chi connectivity index (χ0n) is 10.9. The van der Waals surface area contributed by atoms with Gasteiger partial charge in [0, 0.05) is 24.7 Å². The molecule has 6 heteroatoms. The Hall–Kier alpha value is -0.430. The Bertz CT molecular complexity index is 509. The minimum absolute atomic E-state index is 0.0176. The normalized spacial score (nSPS) is 20.7. The van der Waals surface area contributed by atoms with Gasteiger partial charge in [-0.3, -0.25) is 0 Å². The molecule has 0 bridgehead atoms. The summed E-state index contributed by atoms with van der Waals surface area (Å²) in [6.45, 7) is 1.15. The van der Waals surface area contributed by atoms with E-state index in [-0.39, 0.29) is 6.10 Å². The van der Waals surface area contributed by atoms with E-state index in [1.807, 2.05) is 0 Å². The Morgan fingerprint density at radius 1 is 1.32 bits per heavy atom. The second kappa shape index (κ2) is 6.35. The van der Waals surface area contributed by atoms with Crippen molar-refractivity contribution >= 4 is 26.0 Å². The van der Waals surface area contributed by atoms with Crippen molar-refractivity contribution in [1.29, 1.82) is 0 Å². The zero-order chi connectivity index (χ0) is 13.9. The van der Waals surface area contributed by atoms with Crippen LogP contribution in [-0.2, 0) is 14.8 Å². The maximum absolute atomic E-state index is 12.4. The highest BCUT2D eigenvalue weighted by atomic mass is 79.9. The van der Waals surface area contributed by atoms with Gasteiger partial charge in [-0.05, 0) is 43.5 Å². The first kappa shape index (κ1) is 15.0. The molecular weight excluding hydrogens is 330 g/mol. The fourth-order valence-corrected chi connectivity index (χ4v) is 3.59. The predicted molar refractivity (Wildman–Crippen MR) is 77.5 cm³/mol. The van der Waals surface area contributed by atoms with Crippen LogP contribution in [0.1, 0.15) is 19.3 Å². The molecule has 0 aromatic heterocycles. The average Bonchev–Trinajstić information content (AvgIpc) is 2.40. The number of sulfonamides is 1.